The van der Waals surface area contributed by atoms with Crippen molar-refractivity contribution in [2.45, 2.75) is 0 Å². The predicted molar refractivity (Wildman–Crippen MR) is 135 cm³/mol. The lowest BCUT2D eigenvalue weighted by molar-refractivity contribution is -0.115. The van der Waals surface area contributed by atoms with Crippen LogP contribution in [-0.4, -0.2) is 11.8 Å². The van der Waals surface area contributed by atoms with Gasteiger partial charge in [-0.3, -0.25) is 19.4 Å². The van der Waals surface area contributed by atoms with E-state index in [1.165, 1.54) is 0 Å². The van der Waals surface area contributed by atoms with Crippen molar-refractivity contribution < 1.29 is 9.59 Å². The summed E-state index contributed by atoms with van der Waals surface area (Å²) in [4.78, 5) is 31.6. The van der Waals surface area contributed by atoms with Gasteiger partial charge in [0.2, 0.25) is 0 Å². The molecule has 34 heavy (non-hydrogen) atoms. The highest BCUT2D eigenvalue weighted by molar-refractivity contribution is 6.41. The number of carbonyl (C=O) groups excluding carboxylic acids is 2. The van der Waals surface area contributed by atoms with Gasteiger partial charge in [-0.25, -0.2) is 0 Å². The van der Waals surface area contributed by atoms with Gasteiger partial charge in [0.05, 0.1) is 22.5 Å². The van der Waals surface area contributed by atoms with Crippen LogP contribution in [0.1, 0.15) is 11.1 Å². The first kappa shape index (κ1) is 19.9. The molecule has 4 aromatic carbocycles. The number of anilines is 2. The van der Waals surface area contributed by atoms with Crippen LogP contribution in [0.5, 0.6) is 0 Å². The van der Waals surface area contributed by atoms with E-state index < -0.39 is 0 Å². The first-order valence-electron chi connectivity index (χ1n) is 11.1. The van der Waals surface area contributed by atoms with Gasteiger partial charge >= 0.3 is 0 Å². The van der Waals surface area contributed by atoms with Crippen LogP contribution in [-0.2, 0) is 9.59 Å². The van der Waals surface area contributed by atoms with Crippen LogP contribution in [0.3, 0.4) is 0 Å². The lowest BCUT2D eigenvalue weighted by Gasteiger charge is -2.25. The van der Waals surface area contributed by atoms with Gasteiger partial charge in [-0.1, -0.05) is 97.1 Å². The van der Waals surface area contributed by atoms with Crippen molar-refractivity contribution in [3.05, 3.63) is 144 Å². The third-order valence-electron chi connectivity index (χ3n) is 6.13. The molecule has 2 heterocycles. The monoisotopic (exact) mass is 440 g/mol. The van der Waals surface area contributed by atoms with E-state index in [0.29, 0.717) is 22.5 Å². The van der Waals surface area contributed by atoms with E-state index in [0.717, 1.165) is 22.5 Å². The number of nitrogens with zero attached hydrogens (tertiary/aromatic N) is 2. The van der Waals surface area contributed by atoms with Gasteiger partial charge in [-0.05, 0) is 35.4 Å². The third kappa shape index (κ3) is 3.00. The molecule has 4 aromatic rings. The summed E-state index contributed by atoms with van der Waals surface area (Å²) < 4.78 is 0. The topological polar surface area (TPSA) is 40.6 Å². The fraction of sp³-hybridized carbons (Fsp3) is 0. The van der Waals surface area contributed by atoms with Gasteiger partial charge in [-0.2, -0.15) is 0 Å². The van der Waals surface area contributed by atoms with Crippen molar-refractivity contribution in [1.82, 2.24) is 0 Å². The van der Waals surface area contributed by atoms with Gasteiger partial charge < -0.3 is 0 Å². The first-order chi connectivity index (χ1) is 16.8. The average molecular weight is 441 g/mol. The summed E-state index contributed by atoms with van der Waals surface area (Å²) in [6.07, 6.45) is 0. The van der Waals surface area contributed by atoms with Crippen LogP contribution in [0.25, 0.3) is 11.4 Å². The Morgan fingerprint density at radius 1 is 0.382 bits per heavy atom. The van der Waals surface area contributed by atoms with Crippen LogP contribution >= 0.6 is 0 Å². The standard InChI is InChI=1S/C30H20N2O2/c33-29-25-26(28(22-15-7-2-8-16-22)32(29)24-19-11-4-12-20-24)30(34)31(23-17-9-3-10-18-23)27(25)21-13-5-1-6-14-21/h1-20H. The maximum atomic E-state index is 14.1. The molecule has 2 aliphatic heterocycles. The summed E-state index contributed by atoms with van der Waals surface area (Å²) in [6.45, 7) is 0. The fourth-order valence-electron chi connectivity index (χ4n) is 4.69. The van der Waals surface area contributed by atoms with Crippen molar-refractivity contribution in [2.24, 2.45) is 0 Å². The van der Waals surface area contributed by atoms with Crippen molar-refractivity contribution in [3.63, 3.8) is 0 Å². The van der Waals surface area contributed by atoms with Crippen LogP contribution in [0, 0.1) is 0 Å². The Bertz CT molecular complexity index is 1340. The van der Waals surface area contributed by atoms with E-state index in [1.807, 2.05) is 121 Å². The highest BCUT2D eigenvalue weighted by atomic mass is 16.2. The molecule has 0 saturated carbocycles. The Balaban J connectivity index is 1.68. The number of hydrogen-bond acceptors (Lipinski definition) is 2. The third-order valence-corrected chi connectivity index (χ3v) is 6.13. The number of fused-ring (bicyclic) bond motifs is 1. The molecular weight excluding hydrogens is 420 g/mol. The second kappa shape index (κ2) is 8.01. The molecule has 0 atom stereocenters. The van der Waals surface area contributed by atoms with Crippen LogP contribution in [0.15, 0.2) is 132 Å². The number of amides is 2. The minimum absolute atomic E-state index is 0.203. The maximum absolute atomic E-state index is 14.1. The summed E-state index contributed by atoms with van der Waals surface area (Å²) in [6, 6.07) is 38.3. The molecular formula is C30H20N2O2. The molecule has 0 aromatic heterocycles. The Kier molecular flexibility index (Phi) is 4.70. The normalized spacial score (nSPS) is 15.4. The summed E-state index contributed by atoms with van der Waals surface area (Å²) in [5, 5.41) is 0. The average Bonchev–Trinajstić information content (AvgIpc) is 3.38. The molecule has 162 valence electrons. The summed E-state index contributed by atoms with van der Waals surface area (Å²) in [5.41, 5.74) is 5.19. The van der Waals surface area contributed by atoms with E-state index in [9.17, 15) is 9.59 Å². The molecule has 6 rings (SSSR count). The molecule has 0 saturated heterocycles. The van der Waals surface area contributed by atoms with Crippen LogP contribution in [0.4, 0.5) is 11.4 Å². The number of rotatable bonds is 4. The van der Waals surface area contributed by atoms with E-state index in [1.54, 1.807) is 9.80 Å². The van der Waals surface area contributed by atoms with Crippen molar-refractivity contribution in [3.8, 4) is 0 Å². The van der Waals surface area contributed by atoms with Crippen molar-refractivity contribution in [1.29, 1.82) is 0 Å². The number of hydrogen-bond donors (Lipinski definition) is 0. The molecule has 2 amide bonds. The SMILES string of the molecule is O=C1C2=C(c3ccccc3)N(c3ccccc3)C(=O)C2=C(c2ccccc2)N1c1ccccc1. The number of carbonyl (C=O) groups is 2. The predicted octanol–water partition coefficient (Wildman–Crippen LogP) is 5.90. The maximum Gasteiger partial charge on any atom is 0.265 e. The number of para-hydroxylation sites is 2. The molecule has 0 spiro atoms. The zero-order valence-electron chi connectivity index (χ0n) is 18.3. The summed E-state index contributed by atoms with van der Waals surface area (Å²) in [7, 11) is 0. The minimum atomic E-state index is -0.203. The zero-order valence-corrected chi connectivity index (χ0v) is 18.3. The molecule has 0 bridgehead atoms. The molecule has 4 nitrogen and oxygen atoms in total. The van der Waals surface area contributed by atoms with E-state index in [2.05, 4.69) is 0 Å². The summed E-state index contributed by atoms with van der Waals surface area (Å²) in [5.74, 6) is -0.406. The Labute approximate surface area is 197 Å². The fourth-order valence-corrected chi connectivity index (χ4v) is 4.69. The van der Waals surface area contributed by atoms with Crippen molar-refractivity contribution >= 4 is 34.6 Å². The minimum Gasteiger partial charge on any atom is -0.275 e. The smallest absolute Gasteiger partial charge is 0.265 e. The second-order valence-corrected chi connectivity index (χ2v) is 8.13. The Morgan fingerprint density at radius 2 is 0.676 bits per heavy atom. The van der Waals surface area contributed by atoms with E-state index in [4.69, 9.17) is 0 Å². The van der Waals surface area contributed by atoms with E-state index >= 15 is 0 Å². The van der Waals surface area contributed by atoms with Gasteiger partial charge in [0, 0.05) is 11.4 Å². The lowest BCUT2D eigenvalue weighted by Crippen LogP contribution is -2.29. The van der Waals surface area contributed by atoms with Gasteiger partial charge in [0.25, 0.3) is 11.8 Å². The number of benzene rings is 4. The van der Waals surface area contributed by atoms with Crippen LogP contribution < -0.4 is 9.80 Å². The first-order valence-corrected chi connectivity index (χ1v) is 11.1. The molecule has 2 aliphatic rings. The molecule has 0 radical (unpaired) electrons. The highest BCUT2D eigenvalue weighted by Gasteiger charge is 2.49. The van der Waals surface area contributed by atoms with Gasteiger partial charge in [0.15, 0.2) is 0 Å². The highest BCUT2D eigenvalue weighted by Crippen LogP contribution is 2.49. The lowest BCUT2D eigenvalue weighted by atomic mass is 10.0. The van der Waals surface area contributed by atoms with Crippen molar-refractivity contribution in [2.75, 3.05) is 9.80 Å². The van der Waals surface area contributed by atoms with Gasteiger partial charge in [-0.15, -0.1) is 0 Å². The second-order valence-electron chi connectivity index (χ2n) is 8.13. The molecule has 0 fully saturated rings. The largest absolute Gasteiger partial charge is 0.275 e. The van der Waals surface area contributed by atoms with Crippen LogP contribution in [0.2, 0.25) is 0 Å². The van der Waals surface area contributed by atoms with Gasteiger partial charge in [0.1, 0.15) is 0 Å². The Hall–Kier alpha value is -4.70. The summed E-state index contributed by atoms with van der Waals surface area (Å²) >= 11 is 0. The zero-order chi connectivity index (χ0) is 23.1. The van der Waals surface area contributed by atoms with E-state index in [-0.39, 0.29) is 11.8 Å². The molecule has 0 N–H and O–H groups in total. The molecule has 0 unspecified atom stereocenters. The quantitative estimate of drug-likeness (QED) is 0.396. The Morgan fingerprint density at radius 3 is 1.00 bits per heavy atom. The molecule has 0 aliphatic carbocycles. The molecule has 4 heteroatoms.